The molecule has 3 rings (SSSR count). The number of carbonyl (C=O) groups excluding carboxylic acids is 2. The SMILES string of the molecule is Cc1nc(-c2ccc([C@@H]3NC(=O)NC3=O)cc2)cs1. The molecule has 5 nitrogen and oxygen atoms in total. The summed E-state index contributed by atoms with van der Waals surface area (Å²) >= 11 is 1.60. The van der Waals surface area contributed by atoms with Gasteiger partial charge in [0.2, 0.25) is 0 Å². The van der Waals surface area contributed by atoms with E-state index in [0.29, 0.717) is 0 Å². The maximum Gasteiger partial charge on any atom is 0.322 e. The lowest BCUT2D eigenvalue weighted by atomic mass is 10.0. The maximum absolute atomic E-state index is 11.5. The lowest BCUT2D eigenvalue weighted by molar-refractivity contribution is -0.120. The van der Waals surface area contributed by atoms with Crippen molar-refractivity contribution in [3.8, 4) is 11.3 Å². The molecule has 6 heteroatoms. The van der Waals surface area contributed by atoms with Gasteiger partial charge in [0, 0.05) is 10.9 Å². The zero-order valence-corrected chi connectivity index (χ0v) is 11.0. The van der Waals surface area contributed by atoms with Crippen molar-refractivity contribution in [2.75, 3.05) is 0 Å². The van der Waals surface area contributed by atoms with Gasteiger partial charge in [0.1, 0.15) is 6.04 Å². The molecule has 1 aliphatic rings. The highest BCUT2D eigenvalue weighted by Crippen LogP contribution is 2.24. The number of benzene rings is 1. The minimum Gasteiger partial charge on any atom is -0.322 e. The molecule has 2 N–H and O–H groups in total. The van der Waals surface area contributed by atoms with Gasteiger partial charge in [-0.25, -0.2) is 9.78 Å². The summed E-state index contributed by atoms with van der Waals surface area (Å²) in [5, 5.41) is 7.80. The fourth-order valence-electron chi connectivity index (χ4n) is 1.99. The number of carbonyl (C=O) groups is 2. The van der Waals surface area contributed by atoms with Crippen molar-refractivity contribution in [2.24, 2.45) is 0 Å². The van der Waals surface area contributed by atoms with Crippen LogP contribution in [0.5, 0.6) is 0 Å². The largest absolute Gasteiger partial charge is 0.322 e. The Morgan fingerprint density at radius 2 is 1.95 bits per heavy atom. The fourth-order valence-corrected chi connectivity index (χ4v) is 2.62. The molecule has 3 amide bonds. The van der Waals surface area contributed by atoms with Crippen LogP contribution in [0.1, 0.15) is 16.6 Å². The highest BCUT2D eigenvalue weighted by molar-refractivity contribution is 7.09. The Balaban J connectivity index is 1.87. The van der Waals surface area contributed by atoms with Crippen LogP contribution in [0.25, 0.3) is 11.3 Å². The number of nitrogens with zero attached hydrogens (tertiary/aromatic N) is 1. The first-order valence-electron chi connectivity index (χ1n) is 5.77. The van der Waals surface area contributed by atoms with Crippen LogP contribution in [0.4, 0.5) is 4.79 Å². The Kier molecular flexibility index (Phi) is 2.79. The number of nitrogens with one attached hydrogen (secondary N) is 2. The number of rotatable bonds is 2. The van der Waals surface area contributed by atoms with Gasteiger partial charge in [0.05, 0.1) is 10.7 Å². The van der Waals surface area contributed by atoms with E-state index in [0.717, 1.165) is 21.8 Å². The Morgan fingerprint density at radius 1 is 1.21 bits per heavy atom. The van der Waals surface area contributed by atoms with E-state index in [-0.39, 0.29) is 5.91 Å². The molecule has 2 heterocycles. The lowest BCUT2D eigenvalue weighted by Crippen LogP contribution is -2.22. The van der Waals surface area contributed by atoms with Crippen molar-refractivity contribution in [3.63, 3.8) is 0 Å². The average Bonchev–Trinajstić information content (AvgIpc) is 2.96. The van der Waals surface area contributed by atoms with E-state index in [2.05, 4.69) is 15.6 Å². The summed E-state index contributed by atoms with van der Waals surface area (Å²) in [5.41, 5.74) is 2.69. The molecule has 1 saturated heterocycles. The number of hydrogen-bond acceptors (Lipinski definition) is 4. The second kappa shape index (κ2) is 4.47. The molecule has 0 aliphatic carbocycles. The fraction of sp³-hybridized carbons (Fsp3) is 0.154. The number of aromatic nitrogens is 1. The molecular formula is C13H11N3O2S. The number of amides is 3. The van der Waals surface area contributed by atoms with E-state index < -0.39 is 12.1 Å². The van der Waals surface area contributed by atoms with Gasteiger partial charge in [-0.15, -0.1) is 11.3 Å². The molecule has 0 unspecified atom stereocenters. The molecule has 1 atom stereocenters. The van der Waals surface area contributed by atoms with E-state index in [1.165, 1.54) is 0 Å². The second-order valence-corrected chi connectivity index (χ2v) is 5.33. The number of aryl methyl sites for hydroxylation is 1. The van der Waals surface area contributed by atoms with Crippen molar-refractivity contribution in [3.05, 3.63) is 40.2 Å². The quantitative estimate of drug-likeness (QED) is 0.822. The van der Waals surface area contributed by atoms with Crippen molar-refractivity contribution >= 4 is 23.3 Å². The van der Waals surface area contributed by atoms with Crippen LogP contribution in [-0.4, -0.2) is 16.9 Å². The number of urea groups is 1. The van der Waals surface area contributed by atoms with Crippen molar-refractivity contribution in [1.82, 2.24) is 15.6 Å². The molecule has 2 aromatic rings. The van der Waals surface area contributed by atoms with Crippen molar-refractivity contribution < 1.29 is 9.59 Å². The van der Waals surface area contributed by atoms with Crippen LogP contribution >= 0.6 is 11.3 Å². The van der Waals surface area contributed by atoms with E-state index in [1.807, 2.05) is 36.6 Å². The van der Waals surface area contributed by atoms with E-state index >= 15 is 0 Å². The van der Waals surface area contributed by atoms with Crippen LogP contribution in [0.2, 0.25) is 0 Å². The Hall–Kier alpha value is -2.21. The van der Waals surface area contributed by atoms with Crippen LogP contribution in [0.15, 0.2) is 29.6 Å². The van der Waals surface area contributed by atoms with Gasteiger partial charge in [0.25, 0.3) is 5.91 Å². The highest BCUT2D eigenvalue weighted by Gasteiger charge is 2.30. The van der Waals surface area contributed by atoms with Crippen LogP contribution in [-0.2, 0) is 4.79 Å². The lowest BCUT2D eigenvalue weighted by Gasteiger charge is -2.07. The van der Waals surface area contributed by atoms with E-state index in [4.69, 9.17) is 0 Å². The molecule has 1 fully saturated rings. The topological polar surface area (TPSA) is 71.1 Å². The van der Waals surface area contributed by atoms with E-state index in [9.17, 15) is 9.59 Å². The Morgan fingerprint density at radius 3 is 2.47 bits per heavy atom. The predicted octanol–water partition coefficient (Wildman–Crippen LogP) is 2.00. The van der Waals surface area contributed by atoms with Crippen LogP contribution < -0.4 is 10.6 Å². The number of thiazole rings is 1. The standard InChI is InChI=1S/C13H11N3O2S/c1-7-14-10(6-19-7)8-2-4-9(5-3-8)11-12(17)16-13(18)15-11/h2-6,11H,1H3,(H2,15,16,17,18)/t11-/m0/s1. The second-order valence-electron chi connectivity index (χ2n) is 4.27. The van der Waals surface area contributed by atoms with Crippen LogP contribution in [0.3, 0.4) is 0 Å². The van der Waals surface area contributed by atoms with Crippen LogP contribution in [0, 0.1) is 6.92 Å². The van der Waals surface area contributed by atoms with Gasteiger partial charge in [-0.3, -0.25) is 10.1 Å². The summed E-state index contributed by atoms with van der Waals surface area (Å²) in [6.45, 7) is 1.96. The Bertz CT molecular complexity index is 648. The molecule has 0 spiro atoms. The van der Waals surface area contributed by atoms with Gasteiger partial charge >= 0.3 is 6.03 Å². The molecule has 1 aromatic carbocycles. The summed E-state index contributed by atoms with van der Waals surface area (Å²) in [4.78, 5) is 27.0. The summed E-state index contributed by atoms with van der Waals surface area (Å²) in [6, 6.07) is 6.43. The summed E-state index contributed by atoms with van der Waals surface area (Å²) < 4.78 is 0. The molecule has 0 radical (unpaired) electrons. The summed E-state index contributed by atoms with van der Waals surface area (Å²) in [5.74, 6) is -0.317. The third-order valence-corrected chi connectivity index (χ3v) is 3.71. The van der Waals surface area contributed by atoms with Gasteiger partial charge < -0.3 is 5.32 Å². The summed E-state index contributed by atoms with van der Waals surface area (Å²) in [7, 11) is 0. The van der Waals surface area contributed by atoms with Gasteiger partial charge in [-0.1, -0.05) is 24.3 Å². The Labute approximate surface area is 113 Å². The molecule has 19 heavy (non-hydrogen) atoms. The third kappa shape index (κ3) is 2.22. The zero-order chi connectivity index (χ0) is 13.4. The third-order valence-electron chi connectivity index (χ3n) is 2.93. The molecule has 0 saturated carbocycles. The van der Waals surface area contributed by atoms with Crippen molar-refractivity contribution in [1.29, 1.82) is 0 Å². The van der Waals surface area contributed by atoms with Crippen molar-refractivity contribution in [2.45, 2.75) is 13.0 Å². The van der Waals surface area contributed by atoms with E-state index in [1.54, 1.807) is 11.3 Å². The average molecular weight is 273 g/mol. The minimum atomic E-state index is -0.598. The summed E-state index contributed by atoms with van der Waals surface area (Å²) in [6.07, 6.45) is 0. The normalized spacial score (nSPS) is 18.3. The molecule has 1 aliphatic heterocycles. The zero-order valence-electron chi connectivity index (χ0n) is 10.1. The highest BCUT2D eigenvalue weighted by atomic mass is 32.1. The predicted molar refractivity (Wildman–Crippen MR) is 71.7 cm³/mol. The van der Waals surface area contributed by atoms with Gasteiger partial charge in [-0.05, 0) is 12.5 Å². The van der Waals surface area contributed by atoms with Gasteiger partial charge in [-0.2, -0.15) is 0 Å². The molecule has 1 aromatic heterocycles. The monoisotopic (exact) mass is 273 g/mol. The first-order chi connectivity index (χ1) is 9.13. The molecule has 96 valence electrons. The molecule has 0 bridgehead atoms. The number of imide groups is 1. The first kappa shape index (κ1) is 11.9. The minimum absolute atomic E-state index is 0.317. The smallest absolute Gasteiger partial charge is 0.322 e. The first-order valence-corrected chi connectivity index (χ1v) is 6.65. The maximum atomic E-state index is 11.5. The number of hydrogen-bond donors (Lipinski definition) is 2. The van der Waals surface area contributed by atoms with Gasteiger partial charge in [0.15, 0.2) is 0 Å². The molecular weight excluding hydrogens is 262 g/mol.